The molecule has 90 valence electrons. The van der Waals surface area contributed by atoms with E-state index < -0.39 is 17.7 Å². The van der Waals surface area contributed by atoms with E-state index in [0.29, 0.717) is 12.8 Å². The zero-order valence-corrected chi connectivity index (χ0v) is 9.69. The Morgan fingerprint density at radius 2 is 2.06 bits per heavy atom. The van der Waals surface area contributed by atoms with E-state index in [1.54, 1.807) is 7.11 Å². The first-order valence-corrected chi connectivity index (χ1v) is 5.58. The maximum absolute atomic E-state index is 11.8. The zero-order chi connectivity index (χ0) is 11.6. The fourth-order valence-electron chi connectivity index (χ4n) is 2.77. The Kier molecular flexibility index (Phi) is 2.02. The molecule has 0 aromatic heterocycles. The second-order valence-corrected chi connectivity index (χ2v) is 5.06. The largest absolute Gasteiger partial charge is 0.353 e. The van der Waals surface area contributed by atoms with Crippen LogP contribution in [0, 0.1) is 0 Å². The number of fused-ring (bicyclic) bond motifs is 2. The summed E-state index contributed by atoms with van der Waals surface area (Å²) in [6.07, 6.45) is 0.129. The molecule has 2 aliphatic heterocycles. The molecule has 5 nitrogen and oxygen atoms in total. The third-order valence-electron chi connectivity index (χ3n) is 3.61. The lowest BCUT2D eigenvalue weighted by Crippen LogP contribution is -2.56. The topological polar surface area (TPSA) is 54.0 Å². The van der Waals surface area contributed by atoms with Gasteiger partial charge in [0.2, 0.25) is 0 Å². The SMILES string of the molecule is CO[C@@H]1O[C@]2(CCC2=O)[C@@H]2OC(C)(C)OC12. The number of ketones is 1. The maximum atomic E-state index is 11.8. The van der Waals surface area contributed by atoms with Crippen molar-refractivity contribution < 1.29 is 23.7 Å². The molecular formula is C11H16O5. The number of carbonyl (C=O) groups excluding carboxylic acids is 1. The van der Waals surface area contributed by atoms with Crippen molar-refractivity contribution in [2.45, 2.75) is 56.6 Å². The fraction of sp³-hybridized carbons (Fsp3) is 0.909. The molecule has 16 heavy (non-hydrogen) atoms. The van der Waals surface area contributed by atoms with Crippen molar-refractivity contribution in [3.05, 3.63) is 0 Å². The molecule has 2 saturated heterocycles. The van der Waals surface area contributed by atoms with E-state index in [1.807, 2.05) is 13.8 Å². The molecule has 0 amide bonds. The summed E-state index contributed by atoms with van der Waals surface area (Å²) in [5.41, 5.74) is -0.806. The lowest BCUT2D eigenvalue weighted by Gasteiger charge is -2.39. The van der Waals surface area contributed by atoms with Gasteiger partial charge in [0.1, 0.15) is 12.2 Å². The van der Waals surface area contributed by atoms with Gasteiger partial charge in [-0.15, -0.1) is 0 Å². The van der Waals surface area contributed by atoms with Crippen molar-refractivity contribution in [3.8, 4) is 0 Å². The van der Waals surface area contributed by atoms with Crippen LogP contribution >= 0.6 is 0 Å². The predicted octanol–water partition coefficient (Wildman–Crippen LogP) is 0.611. The molecule has 0 aromatic carbocycles. The summed E-state index contributed by atoms with van der Waals surface area (Å²) in [5, 5.41) is 0. The van der Waals surface area contributed by atoms with E-state index in [2.05, 4.69) is 0 Å². The van der Waals surface area contributed by atoms with Gasteiger partial charge >= 0.3 is 0 Å². The minimum Gasteiger partial charge on any atom is -0.353 e. The van der Waals surface area contributed by atoms with Crippen molar-refractivity contribution in [3.63, 3.8) is 0 Å². The first-order chi connectivity index (χ1) is 7.48. The lowest BCUT2D eigenvalue weighted by atomic mass is 9.74. The van der Waals surface area contributed by atoms with Gasteiger partial charge in [-0.05, 0) is 20.3 Å². The lowest BCUT2D eigenvalue weighted by molar-refractivity contribution is -0.254. The highest BCUT2D eigenvalue weighted by Gasteiger charge is 2.69. The Labute approximate surface area is 94.0 Å². The molecule has 5 heteroatoms. The van der Waals surface area contributed by atoms with Crippen LogP contribution in [0.1, 0.15) is 26.7 Å². The summed E-state index contributed by atoms with van der Waals surface area (Å²) in [6.45, 7) is 3.68. The molecule has 2 heterocycles. The molecule has 3 fully saturated rings. The van der Waals surface area contributed by atoms with Crippen LogP contribution in [-0.2, 0) is 23.7 Å². The van der Waals surface area contributed by atoms with Crippen molar-refractivity contribution in [2.24, 2.45) is 0 Å². The summed E-state index contributed by atoms with van der Waals surface area (Å²) >= 11 is 0. The predicted molar refractivity (Wildman–Crippen MR) is 52.7 cm³/mol. The Morgan fingerprint density at radius 1 is 1.31 bits per heavy atom. The van der Waals surface area contributed by atoms with Crippen LogP contribution in [0.4, 0.5) is 0 Å². The van der Waals surface area contributed by atoms with E-state index in [1.165, 1.54) is 0 Å². The zero-order valence-electron chi connectivity index (χ0n) is 9.69. The molecule has 3 aliphatic rings. The van der Waals surface area contributed by atoms with Crippen LogP contribution in [0.2, 0.25) is 0 Å². The quantitative estimate of drug-likeness (QED) is 0.658. The standard InChI is InChI=1S/C11H16O5/c1-10(2)14-7-8(15-10)11(5-4-6(11)12)16-9(7)13-3/h7-9H,4-5H2,1-3H3/t7?,8-,9-,11+/m1/s1. The van der Waals surface area contributed by atoms with Crippen LogP contribution in [0.25, 0.3) is 0 Å². The molecule has 4 atom stereocenters. The third-order valence-corrected chi connectivity index (χ3v) is 3.61. The second-order valence-electron chi connectivity index (χ2n) is 5.06. The number of carbonyl (C=O) groups is 1. The highest BCUT2D eigenvalue weighted by molar-refractivity contribution is 5.94. The highest BCUT2D eigenvalue weighted by Crippen LogP contribution is 2.51. The molecule has 0 N–H and O–H groups in total. The molecular weight excluding hydrogens is 212 g/mol. The van der Waals surface area contributed by atoms with Gasteiger partial charge in [-0.3, -0.25) is 4.79 Å². The van der Waals surface area contributed by atoms with Gasteiger partial charge in [-0.1, -0.05) is 0 Å². The average Bonchev–Trinajstić information content (AvgIpc) is 2.68. The van der Waals surface area contributed by atoms with Crippen molar-refractivity contribution in [1.29, 1.82) is 0 Å². The third kappa shape index (κ3) is 1.17. The molecule has 1 unspecified atom stereocenters. The van der Waals surface area contributed by atoms with E-state index >= 15 is 0 Å². The monoisotopic (exact) mass is 228 g/mol. The number of ether oxygens (including phenoxy) is 4. The van der Waals surface area contributed by atoms with Crippen LogP contribution < -0.4 is 0 Å². The van der Waals surface area contributed by atoms with Crippen LogP contribution in [-0.4, -0.2) is 42.8 Å². The summed E-state index contributed by atoms with van der Waals surface area (Å²) in [5.74, 6) is -0.568. The number of Topliss-reactive ketones (excluding diaryl/α,β-unsaturated/α-hetero) is 1. The number of methoxy groups -OCH3 is 1. The van der Waals surface area contributed by atoms with E-state index in [4.69, 9.17) is 18.9 Å². The van der Waals surface area contributed by atoms with Gasteiger partial charge < -0.3 is 18.9 Å². The Balaban J connectivity index is 1.92. The average molecular weight is 228 g/mol. The molecule has 3 rings (SSSR count). The van der Waals surface area contributed by atoms with Crippen LogP contribution in [0.5, 0.6) is 0 Å². The summed E-state index contributed by atoms with van der Waals surface area (Å²) in [7, 11) is 1.55. The molecule has 1 saturated carbocycles. The number of hydrogen-bond acceptors (Lipinski definition) is 5. The van der Waals surface area contributed by atoms with Crippen molar-refractivity contribution in [2.75, 3.05) is 7.11 Å². The van der Waals surface area contributed by atoms with E-state index in [9.17, 15) is 4.79 Å². The molecule has 1 aliphatic carbocycles. The molecule has 1 spiro atoms. The fourth-order valence-corrected chi connectivity index (χ4v) is 2.77. The normalized spacial score (nSPS) is 49.4. The molecule has 0 radical (unpaired) electrons. The van der Waals surface area contributed by atoms with Crippen LogP contribution in [0.3, 0.4) is 0 Å². The van der Waals surface area contributed by atoms with Gasteiger partial charge in [0.25, 0.3) is 0 Å². The van der Waals surface area contributed by atoms with Gasteiger partial charge in [-0.25, -0.2) is 0 Å². The second kappa shape index (κ2) is 3.04. The minimum absolute atomic E-state index is 0.100. The van der Waals surface area contributed by atoms with Crippen molar-refractivity contribution >= 4 is 5.78 Å². The Morgan fingerprint density at radius 3 is 2.56 bits per heavy atom. The van der Waals surface area contributed by atoms with E-state index in [-0.39, 0.29) is 18.0 Å². The van der Waals surface area contributed by atoms with Gasteiger partial charge in [0, 0.05) is 13.5 Å². The minimum atomic E-state index is -0.806. The Bertz CT molecular complexity index is 339. The van der Waals surface area contributed by atoms with E-state index in [0.717, 1.165) is 0 Å². The summed E-state index contributed by atoms with van der Waals surface area (Å²) in [4.78, 5) is 11.8. The van der Waals surface area contributed by atoms with Gasteiger partial charge in [0.05, 0.1) is 0 Å². The first kappa shape index (κ1) is 10.7. The molecule has 0 bridgehead atoms. The Hall–Kier alpha value is -0.490. The first-order valence-electron chi connectivity index (χ1n) is 5.58. The van der Waals surface area contributed by atoms with Gasteiger partial charge in [0.15, 0.2) is 23.5 Å². The smallest absolute Gasteiger partial charge is 0.187 e. The highest BCUT2D eigenvalue weighted by atomic mass is 16.8. The van der Waals surface area contributed by atoms with Crippen molar-refractivity contribution in [1.82, 2.24) is 0 Å². The molecule has 0 aromatic rings. The summed E-state index contributed by atoms with van der Waals surface area (Å²) < 4.78 is 22.4. The number of rotatable bonds is 1. The van der Waals surface area contributed by atoms with Gasteiger partial charge in [-0.2, -0.15) is 0 Å². The van der Waals surface area contributed by atoms with Crippen LogP contribution in [0.15, 0.2) is 0 Å². The summed E-state index contributed by atoms with van der Waals surface area (Å²) in [6, 6.07) is 0. The maximum Gasteiger partial charge on any atom is 0.187 e. The number of hydrogen-bond donors (Lipinski definition) is 0.